The van der Waals surface area contributed by atoms with E-state index < -0.39 is 11.5 Å². The Balaban J connectivity index is 1.81. The first kappa shape index (κ1) is 16.9. The topological polar surface area (TPSA) is 100 Å². The molecule has 0 saturated carbocycles. The molecule has 2 aromatic rings. The minimum Gasteiger partial charge on any atom is -0.479 e. The van der Waals surface area contributed by atoms with Gasteiger partial charge in [0.05, 0.1) is 6.20 Å². The summed E-state index contributed by atoms with van der Waals surface area (Å²) in [4.78, 5) is 30.1. The van der Waals surface area contributed by atoms with E-state index in [4.69, 9.17) is 0 Å². The second kappa shape index (κ2) is 6.54. The number of carboxylic acids is 1. The van der Waals surface area contributed by atoms with E-state index in [0.29, 0.717) is 37.3 Å². The lowest BCUT2D eigenvalue weighted by Gasteiger charge is -2.39. The number of nitrogens with one attached hydrogen (secondary N) is 1. The molecule has 1 amide bonds. The number of hydrogen-bond donors (Lipinski definition) is 2. The molecule has 8 nitrogen and oxygen atoms in total. The molecule has 0 atom stereocenters. The molecule has 0 aromatic carbocycles. The van der Waals surface area contributed by atoms with Gasteiger partial charge in [-0.3, -0.25) is 9.48 Å². The Kier molecular flexibility index (Phi) is 4.43. The van der Waals surface area contributed by atoms with E-state index in [1.54, 1.807) is 42.5 Å². The molecule has 1 fully saturated rings. The lowest BCUT2D eigenvalue weighted by Crippen LogP contribution is -2.51. The van der Waals surface area contributed by atoms with Gasteiger partial charge in [-0.2, -0.15) is 5.10 Å². The number of hydrogen-bond acceptors (Lipinski definition) is 5. The van der Waals surface area contributed by atoms with E-state index in [9.17, 15) is 14.7 Å². The van der Waals surface area contributed by atoms with Crippen LogP contribution < -0.4 is 10.2 Å². The van der Waals surface area contributed by atoms with E-state index in [0.717, 1.165) is 5.56 Å². The predicted octanol–water partition coefficient (Wildman–Crippen LogP) is 1.03. The normalized spacial score (nSPS) is 16.5. The van der Waals surface area contributed by atoms with Gasteiger partial charge >= 0.3 is 5.97 Å². The van der Waals surface area contributed by atoms with Crippen LogP contribution >= 0.6 is 0 Å². The quantitative estimate of drug-likeness (QED) is 0.860. The molecule has 0 radical (unpaired) electrons. The third-order valence-electron chi connectivity index (χ3n) is 4.70. The molecule has 1 aliphatic heterocycles. The first-order valence-electron chi connectivity index (χ1n) is 8.14. The summed E-state index contributed by atoms with van der Waals surface area (Å²) in [6.45, 7) is 2.94. The van der Waals surface area contributed by atoms with Gasteiger partial charge in [-0.25, -0.2) is 9.78 Å². The molecule has 0 aliphatic carbocycles. The number of carboxylic acid groups (broad SMARTS) is 1. The van der Waals surface area contributed by atoms with Crippen LogP contribution in [0.3, 0.4) is 0 Å². The van der Waals surface area contributed by atoms with E-state index in [2.05, 4.69) is 15.4 Å². The highest BCUT2D eigenvalue weighted by molar-refractivity contribution is 5.94. The second-order valence-corrected chi connectivity index (χ2v) is 6.27. The summed E-state index contributed by atoms with van der Waals surface area (Å²) in [6.07, 6.45) is 5.86. The number of aromatic nitrogens is 3. The summed E-state index contributed by atoms with van der Waals surface area (Å²) in [5.41, 5.74) is 0.427. The molecule has 1 aliphatic rings. The number of rotatable bonds is 4. The maximum absolute atomic E-state index is 12.0. The molecule has 0 unspecified atom stereocenters. The van der Waals surface area contributed by atoms with Crippen LogP contribution in [0.25, 0.3) is 0 Å². The fourth-order valence-corrected chi connectivity index (χ4v) is 3.17. The van der Waals surface area contributed by atoms with E-state index >= 15 is 0 Å². The van der Waals surface area contributed by atoms with Crippen molar-refractivity contribution in [3.63, 3.8) is 0 Å². The van der Waals surface area contributed by atoms with Gasteiger partial charge in [0.25, 0.3) is 5.91 Å². The van der Waals surface area contributed by atoms with E-state index in [1.807, 2.05) is 11.8 Å². The molecule has 2 aromatic heterocycles. The summed E-state index contributed by atoms with van der Waals surface area (Å²) in [7, 11) is 1.58. The summed E-state index contributed by atoms with van der Waals surface area (Å²) in [6, 6.07) is 3.38. The van der Waals surface area contributed by atoms with E-state index in [1.165, 1.54) is 0 Å². The van der Waals surface area contributed by atoms with Crippen LogP contribution in [-0.4, -0.2) is 51.9 Å². The number of anilines is 1. The number of pyridine rings is 1. The zero-order valence-corrected chi connectivity index (χ0v) is 14.3. The van der Waals surface area contributed by atoms with E-state index in [-0.39, 0.29) is 5.91 Å². The molecule has 3 heterocycles. The van der Waals surface area contributed by atoms with Crippen LogP contribution in [0, 0.1) is 6.92 Å². The Labute approximate surface area is 145 Å². The molecule has 1 saturated heterocycles. The monoisotopic (exact) mass is 343 g/mol. The van der Waals surface area contributed by atoms with Crippen molar-refractivity contribution >= 4 is 17.7 Å². The number of aryl methyl sites for hydroxylation is 1. The molecule has 132 valence electrons. The molecule has 3 rings (SSSR count). The Morgan fingerprint density at radius 1 is 1.32 bits per heavy atom. The van der Waals surface area contributed by atoms with Crippen molar-refractivity contribution in [1.29, 1.82) is 0 Å². The third-order valence-corrected chi connectivity index (χ3v) is 4.70. The van der Waals surface area contributed by atoms with Crippen molar-refractivity contribution in [1.82, 2.24) is 20.1 Å². The van der Waals surface area contributed by atoms with Gasteiger partial charge in [0.15, 0.2) is 5.54 Å². The van der Waals surface area contributed by atoms with Gasteiger partial charge in [-0.05, 0) is 24.6 Å². The van der Waals surface area contributed by atoms with Crippen LogP contribution in [-0.2, 0) is 10.3 Å². The second-order valence-electron chi connectivity index (χ2n) is 6.27. The summed E-state index contributed by atoms with van der Waals surface area (Å²) in [5.74, 6) is -0.369. The highest BCUT2D eigenvalue weighted by Gasteiger charge is 2.44. The zero-order chi connectivity index (χ0) is 18.0. The molecule has 0 bridgehead atoms. The number of piperidine rings is 1. The Morgan fingerprint density at radius 3 is 2.60 bits per heavy atom. The fourth-order valence-electron chi connectivity index (χ4n) is 3.17. The smallest absolute Gasteiger partial charge is 0.331 e. The first-order chi connectivity index (χ1) is 12.0. The van der Waals surface area contributed by atoms with Gasteiger partial charge in [0, 0.05) is 50.9 Å². The SMILES string of the molecule is CNC(=O)c1ccnc(N2CCC(C(=O)O)(n3cc(C)cn3)CC2)c1. The van der Waals surface area contributed by atoms with Crippen molar-refractivity contribution in [3.05, 3.63) is 41.9 Å². The molecule has 0 spiro atoms. The summed E-state index contributed by atoms with van der Waals surface area (Å²) in [5, 5.41) is 16.6. The predicted molar refractivity (Wildman–Crippen MR) is 91.6 cm³/mol. The highest BCUT2D eigenvalue weighted by Crippen LogP contribution is 2.32. The zero-order valence-electron chi connectivity index (χ0n) is 14.3. The fraction of sp³-hybridized carbons (Fsp3) is 0.412. The number of carbonyl (C=O) groups excluding carboxylic acids is 1. The standard InChI is InChI=1S/C17H21N5O3/c1-12-10-20-22(11-12)17(16(24)25)4-7-21(8-5-17)14-9-13(3-6-19-14)15(23)18-2/h3,6,9-11H,4-5,7-8H2,1-2H3,(H,18,23)(H,24,25). The number of aliphatic carboxylic acids is 1. The van der Waals surface area contributed by atoms with Gasteiger partial charge < -0.3 is 15.3 Å². The number of amides is 1. The Morgan fingerprint density at radius 2 is 2.04 bits per heavy atom. The van der Waals surface area contributed by atoms with Crippen LogP contribution in [0.1, 0.15) is 28.8 Å². The molecular weight excluding hydrogens is 322 g/mol. The number of nitrogens with zero attached hydrogens (tertiary/aromatic N) is 4. The van der Waals surface area contributed by atoms with Gasteiger partial charge in [0.2, 0.25) is 0 Å². The molecule has 2 N–H and O–H groups in total. The third kappa shape index (κ3) is 3.07. The Hall–Kier alpha value is -2.90. The van der Waals surface area contributed by atoms with Crippen molar-refractivity contribution in [2.24, 2.45) is 0 Å². The summed E-state index contributed by atoms with van der Waals surface area (Å²) >= 11 is 0. The average molecular weight is 343 g/mol. The molecule has 25 heavy (non-hydrogen) atoms. The largest absolute Gasteiger partial charge is 0.479 e. The molecular formula is C17H21N5O3. The van der Waals surface area contributed by atoms with Crippen LogP contribution in [0.5, 0.6) is 0 Å². The van der Waals surface area contributed by atoms with Crippen LogP contribution in [0.4, 0.5) is 5.82 Å². The maximum Gasteiger partial charge on any atom is 0.331 e. The van der Waals surface area contributed by atoms with Gasteiger partial charge in [-0.1, -0.05) is 0 Å². The average Bonchev–Trinajstić information content (AvgIpc) is 3.08. The highest BCUT2D eigenvalue weighted by atomic mass is 16.4. The minimum absolute atomic E-state index is 0.174. The van der Waals surface area contributed by atoms with Crippen LogP contribution in [0.15, 0.2) is 30.7 Å². The van der Waals surface area contributed by atoms with Gasteiger partial charge in [0.1, 0.15) is 5.82 Å². The van der Waals surface area contributed by atoms with Crippen LogP contribution in [0.2, 0.25) is 0 Å². The first-order valence-corrected chi connectivity index (χ1v) is 8.14. The molecule has 8 heteroatoms. The lowest BCUT2D eigenvalue weighted by atomic mass is 9.87. The Bertz CT molecular complexity index is 793. The van der Waals surface area contributed by atoms with Crippen molar-refractivity contribution in [3.8, 4) is 0 Å². The van der Waals surface area contributed by atoms with Crippen molar-refractivity contribution in [2.75, 3.05) is 25.0 Å². The van der Waals surface area contributed by atoms with Crippen molar-refractivity contribution < 1.29 is 14.7 Å². The minimum atomic E-state index is -1.04. The number of carbonyl (C=O) groups is 2. The maximum atomic E-state index is 12.0. The summed E-state index contributed by atoms with van der Waals surface area (Å²) < 4.78 is 1.57. The lowest BCUT2D eigenvalue weighted by molar-refractivity contribution is -0.149. The van der Waals surface area contributed by atoms with Gasteiger partial charge in [-0.15, -0.1) is 0 Å². The van der Waals surface area contributed by atoms with Crippen molar-refractivity contribution in [2.45, 2.75) is 25.3 Å².